The highest BCUT2D eigenvalue weighted by Crippen LogP contribution is 2.28. The molecule has 19 heavy (non-hydrogen) atoms. The number of anilines is 1. The monoisotopic (exact) mass is 291 g/mol. The fourth-order valence-electron chi connectivity index (χ4n) is 1.84. The van der Waals surface area contributed by atoms with Crippen LogP contribution >= 0.6 is 22.7 Å². The highest BCUT2D eigenvalue weighted by atomic mass is 32.1. The number of ether oxygens (including phenoxy) is 1. The Kier molecular flexibility index (Phi) is 3.35. The van der Waals surface area contributed by atoms with Crippen LogP contribution in [0.1, 0.15) is 17.6 Å². The molecule has 2 heterocycles. The first-order chi connectivity index (χ1) is 9.24. The Morgan fingerprint density at radius 3 is 2.95 bits per heavy atom. The summed E-state index contributed by atoms with van der Waals surface area (Å²) in [5, 5.41) is 3.64. The molecule has 3 aromatic rings. The fourth-order valence-corrected chi connectivity index (χ4v) is 3.42. The van der Waals surface area contributed by atoms with Gasteiger partial charge in [-0.05, 0) is 25.1 Å². The summed E-state index contributed by atoms with van der Waals surface area (Å²) in [6, 6.07) is 5.99. The second-order valence-corrected chi connectivity index (χ2v) is 6.03. The molecule has 0 amide bonds. The molecule has 0 unspecified atom stereocenters. The van der Waals surface area contributed by atoms with Gasteiger partial charge in [0.15, 0.2) is 5.13 Å². The molecule has 0 saturated carbocycles. The Hall–Kier alpha value is -1.66. The Bertz CT molecular complexity index is 705. The molecule has 0 fully saturated rings. The SMILES string of the molecule is CCOc1ccc2nc(Cc3csc(N)n3)sc2c1. The van der Waals surface area contributed by atoms with E-state index in [2.05, 4.69) is 9.97 Å². The number of nitrogens with zero attached hydrogens (tertiary/aromatic N) is 2. The number of aromatic nitrogens is 2. The summed E-state index contributed by atoms with van der Waals surface area (Å²) in [6.07, 6.45) is 0.733. The minimum absolute atomic E-state index is 0.606. The minimum atomic E-state index is 0.606. The van der Waals surface area contributed by atoms with E-state index in [1.54, 1.807) is 11.3 Å². The Balaban J connectivity index is 1.88. The number of benzene rings is 1. The van der Waals surface area contributed by atoms with Crippen LogP contribution in [0.2, 0.25) is 0 Å². The Morgan fingerprint density at radius 2 is 2.21 bits per heavy atom. The van der Waals surface area contributed by atoms with Crippen molar-refractivity contribution in [3.8, 4) is 5.75 Å². The summed E-state index contributed by atoms with van der Waals surface area (Å²) in [6.45, 7) is 2.66. The molecule has 0 radical (unpaired) electrons. The van der Waals surface area contributed by atoms with Gasteiger partial charge in [-0.25, -0.2) is 9.97 Å². The van der Waals surface area contributed by atoms with Gasteiger partial charge in [0, 0.05) is 11.8 Å². The molecular weight excluding hydrogens is 278 g/mol. The zero-order chi connectivity index (χ0) is 13.2. The van der Waals surface area contributed by atoms with Crippen molar-refractivity contribution >= 4 is 38.0 Å². The first kappa shape index (κ1) is 12.4. The molecule has 1 aromatic carbocycles. The number of fused-ring (bicyclic) bond motifs is 1. The van der Waals surface area contributed by atoms with Crippen molar-refractivity contribution in [2.75, 3.05) is 12.3 Å². The van der Waals surface area contributed by atoms with Crippen LogP contribution in [0.15, 0.2) is 23.6 Å². The molecule has 4 nitrogen and oxygen atoms in total. The van der Waals surface area contributed by atoms with Gasteiger partial charge in [-0.3, -0.25) is 0 Å². The highest BCUT2D eigenvalue weighted by molar-refractivity contribution is 7.18. The Morgan fingerprint density at radius 1 is 1.32 bits per heavy atom. The average molecular weight is 291 g/mol. The summed E-state index contributed by atoms with van der Waals surface area (Å²) >= 11 is 3.14. The van der Waals surface area contributed by atoms with Crippen molar-refractivity contribution < 1.29 is 4.74 Å². The van der Waals surface area contributed by atoms with Crippen molar-refractivity contribution in [3.63, 3.8) is 0 Å². The van der Waals surface area contributed by atoms with Gasteiger partial charge < -0.3 is 10.5 Å². The van der Waals surface area contributed by atoms with E-state index in [9.17, 15) is 0 Å². The Labute approximate surface area is 118 Å². The largest absolute Gasteiger partial charge is 0.494 e. The fraction of sp³-hybridized carbons (Fsp3) is 0.231. The van der Waals surface area contributed by atoms with Gasteiger partial charge in [-0.15, -0.1) is 22.7 Å². The second kappa shape index (κ2) is 5.14. The molecule has 3 rings (SSSR count). The van der Waals surface area contributed by atoms with Crippen LogP contribution in [0, 0.1) is 0 Å². The number of nitrogen functional groups attached to an aromatic ring is 1. The van der Waals surface area contributed by atoms with E-state index in [1.165, 1.54) is 11.3 Å². The third-order valence-electron chi connectivity index (χ3n) is 2.62. The van der Waals surface area contributed by atoms with E-state index in [1.807, 2.05) is 30.5 Å². The topological polar surface area (TPSA) is 61.0 Å². The lowest BCUT2D eigenvalue weighted by Crippen LogP contribution is -1.90. The molecule has 6 heteroatoms. The third kappa shape index (κ3) is 2.69. The number of rotatable bonds is 4. The van der Waals surface area contributed by atoms with Crippen molar-refractivity contribution in [1.82, 2.24) is 9.97 Å². The highest BCUT2D eigenvalue weighted by Gasteiger charge is 2.08. The van der Waals surface area contributed by atoms with Gasteiger partial charge >= 0.3 is 0 Å². The lowest BCUT2D eigenvalue weighted by atomic mass is 10.3. The lowest BCUT2D eigenvalue weighted by Gasteiger charge is -2.00. The zero-order valence-electron chi connectivity index (χ0n) is 10.4. The van der Waals surface area contributed by atoms with Gasteiger partial charge in [-0.2, -0.15) is 0 Å². The molecule has 0 aliphatic heterocycles. The number of hydrogen-bond acceptors (Lipinski definition) is 6. The maximum Gasteiger partial charge on any atom is 0.180 e. The molecule has 0 atom stereocenters. The molecule has 2 aromatic heterocycles. The quantitative estimate of drug-likeness (QED) is 0.801. The molecular formula is C13H13N3OS2. The number of nitrogens with two attached hydrogens (primary N) is 1. The van der Waals surface area contributed by atoms with Crippen LogP contribution < -0.4 is 10.5 Å². The first-order valence-electron chi connectivity index (χ1n) is 5.96. The van der Waals surface area contributed by atoms with Gasteiger partial charge in [0.25, 0.3) is 0 Å². The summed E-state index contributed by atoms with van der Waals surface area (Å²) in [4.78, 5) is 8.87. The molecule has 0 bridgehead atoms. The third-order valence-corrected chi connectivity index (χ3v) is 4.36. The smallest absolute Gasteiger partial charge is 0.180 e. The second-order valence-electron chi connectivity index (χ2n) is 4.02. The van der Waals surface area contributed by atoms with Gasteiger partial charge in [0.1, 0.15) is 5.75 Å². The van der Waals surface area contributed by atoms with Crippen molar-refractivity contribution in [3.05, 3.63) is 34.3 Å². The van der Waals surface area contributed by atoms with E-state index in [4.69, 9.17) is 10.5 Å². The number of thiazole rings is 2. The lowest BCUT2D eigenvalue weighted by molar-refractivity contribution is 0.341. The van der Waals surface area contributed by atoms with E-state index in [0.717, 1.165) is 33.1 Å². The maximum atomic E-state index is 5.63. The van der Waals surface area contributed by atoms with E-state index in [0.29, 0.717) is 11.7 Å². The van der Waals surface area contributed by atoms with Crippen LogP contribution in [0.5, 0.6) is 5.75 Å². The first-order valence-corrected chi connectivity index (χ1v) is 7.66. The van der Waals surface area contributed by atoms with Crippen LogP contribution in [-0.4, -0.2) is 16.6 Å². The predicted octanol–water partition coefficient (Wildman–Crippen LogP) is 3.32. The summed E-state index contributed by atoms with van der Waals surface area (Å²) in [7, 11) is 0. The number of hydrogen-bond donors (Lipinski definition) is 1. The van der Waals surface area contributed by atoms with Gasteiger partial charge in [-0.1, -0.05) is 0 Å². The van der Waals surface area contributed by atoms with Crippen molar-refractivity contribution in [2.24, 2.45) is 0 Å². The van der Waals surface area contributed by atoms with Crippen molar-refractivity contribution in [1.29, 1.82) is 0 Å². The van der Waals surface area contributed by atoms with Crippen LogP contribution in [0.3, 0.4) is 0 Å². The standard InChI is InChI=1S/C13H13N3OS2/c1-2-17-9-3-4-10-11(6-9)19-12(16-10)5-8-7-18-13(14)15-8/h3-4,6-7H,2,5H2,1H3,(H2,14,15). The molecule has 0 saturated heterocycles. The average Bonchev–Trinajstić information content (AvgIpc) is 2.95. The van der Waals surface area contributed by atoms with Crippen molar-refractivity contribution in [2.45, 2.75) is 13.3 Å². The zero-order valence-corrected chi connectivity index (χ0v) is 12.1. The van der Waals surface area contributed by atoms with Gasteiger partial charge in [0.2, 0.25) is 0 Å². The molecule has 0 spiro atoms. The molecule has 0 aliphatic rings. The predicted molar refractivity (Wildman–Crippen MR) is 80.1 cm³/mol. The van der Waals surface area contributed by atoms with Gasteiger partial charge in [0.05, 0.1) is 27.5 Å². The normalized spacial score (nSPS) is 11.0. The molecule has 0 aliphatic carbocycles. The minimum Gasteiger partial charge on any atom is -0.494 e. The molecule has 98 valence electrons. The maximum absolute atomic E-state index is 5.63. The summed E-state index contributed by atoms with van der Waals surface area (Å²) in [5.41, 5.74) is 7.62. The summed E-state index contributed by atoms with van der Waals surface area (Å²) in [5.74, 6) is 0.892. The molecule has 2 N–H and O–H groups in total. The van der Waals surface area contributed by atoms with Crippen LogP contribution in [-0.2, 0) is 6.42 Å². The van der Waals surface area contributed by atoms with E-state index in [-0.39, 0.29) is 0 Å². The van der Waals surface area contributed by atoms with Crippen LogP contribution in [0.25, 0.3) is 10.2 Å². The van der Waals surface area contributed by atoms with E-state index < -0.39 is 0 Å². The van der Waals surface area contributed by atoms with Crippen LogP contribution in [0.4, 0.5) is 5.13 Å². The summed E-state index contributed by atoms with van der Waals surface area (Å²) < 4.78 is 6.64. The van der Waals surface area contributed by atoms with E-state index >= 15 is 0 Å².